The van der Waals surface area contributed by atoms with E-state index in [9.17, 15) is 9.90 Å². The molecule has 0 atom stereocenters. The van der Waals surface area contributed by atoms with Gasteiger partial charge in [0, 0.05) is 20.2 Å². The molecule has 0 aromatic heterocycles. The fourth-order valence-corrected chi connectivity index (χ4v) is 4.07. The van der Waals surface area contributed by atoms with E-state index in [0.717, 1.165) is 22.3 Å². The third kappa shape index (κ3) is 3.43. The van der Waals surface area contributed by atoms with Gasteiger partial charge >= 0.3 is 0 Å². The first-order valence-corrected chi connectivity index (χ1v) is 9.63. The average Bonchev–Trinajstić information content (AvgIpc) is 2.87. The maximum Gasteiger partial charge on any atom is 0.282 e. The van der Waals surface area contributed by atoms with Gasteiger partial charge in [-0.05, 0) is 55.9 Å². The molecule has 154 valence electrons. The first kappa shape index (κ1) is 20.8. The lowest BCUT2D eigenvalue weighted by Crippen LogP contribution is -2.55. The minimum atomic E-state index is -0.875. The highest BCUT2D eigenvalue weighted by Crippen LogP contribution is 2.46. The largest absolute Gasteiger partial charge is 0.509 e. The lowest BCUT2D eigenvalue weighted by atomic mass is 9.85. The van der Waals surface area contributed by atoms with Crippen molar-refractivity contribution in [1.82, 2.24) is 10.1 Å². The number of nitrogens with zero attached hydrogens (tertiary/aromatic N) is 2. The van der Waals surface area contributed by atoms with E-state index in [4.69, 9.17) is 14.4 Å². The van der Waals surface area contributed by atoms with Gasteiger partial charge in [0.15, 0.2) is 0 Å². The van der Waals surface area contributed by atoms with Crippen LogP contribution in [0.25, 0.3) is 5.57 Å². The Hall–Kier alpha value is -1.93. The normalized spacial score (nSPS) is 19.9. The Morgan fingerprint density at radius 1 is 1.04 bits per heavy atom. The third-order valence-electron chi connectivity index (χ3n) is 5.89. The second kappa shape index (κ2) is 8.21. The van der Waals surface area contributed by atoms with Crippen molar-refractivity contribution in [3.63, 3.8) is 0 Å². The molecular formula is C21H30N2O5. The van der Waals surface area contributed by atoms with Crippen LogP contribution in [0, 0.1) is 20.8 Å². The van der Waals surface area contributed by atoms with Crippen LogP contribution in [0.15, 0.2) is 17.9 Å². The molecule has 7 heteroatoms. The number of methoxy groups -OCH3 is 1. The number of aryl methyl sites for hydroxylation is 3. The van der Waals surface area contributed by atoms with E-state index in [0.29, 0.717) is 38.1 Å². The van der Waals surface area contributed by atoms with Gasteiger partial charge in [-0.1, -0.05) is 12.1 Å². The van der Waals surface area contributed by atoms with Crippen LogP contribution < -0.4 is 0 Å². The number of hydrogen-bond donors (Lipinski definition) is 1. The second-order valence-electron chi connectivity index (χ2n) is 7.54. The summed E-state index contributed by atoms with van der Waals surface area (Å²) in [6.07, 6.45) is 1.05. The molecule has 1 amide bonds. The Bertz CT molecular complexity index is 781. The predicted molar refractivity (Wildman–Crippen MR) is 105 cm³/mol. The molecule has 0 saturated carbocycles. The molecule has 0 unspecified atom stereocenters. The highest BCUT2D eigenvalue weighted by atomic mass is 16.7. The van der Waals surface area contributed by atoms with Crippen molar-refractivity contribution in [2.75, 3.05) is 40.5 Å². The lowest BCUT2D eigenvalue weighted by molar-refractivity contribution is -0.235. The van der Waals surface area contributed by atoms with Crippen LogP contribution in [-0.2, 0) is 19.2 Å². The molecule has 1 saturated heterocycles. The SMILES string of the molecule is COCCON1C(=O)C(c2cc(C)c(C)cc2C)=C(O)C12CCN(OC)CC2. The van der Waals surface area contributed by atoms with Crippen molar-refractivity contribution in [3.05, 3.63) is 40.1 Å². The molecule has 2 aliphatic rings. The second-order valence-corrected chi connectivity index (χ2v) is 7.54. The van der Waals surface area contributed by atoms with Crippen LogP contribution >= 0.6 is 0 Å². The quantitative estimate of drug-likeness (QED) is 0.753. The van der Waals surface area contributed by atoms with E-state index >= 15 is 0 Å². The zero-order chi connectivity index (χ0) is 20.5. The van der Waals surface area contributed by atoms with Crippen LogP contribution in [0.3, 0.4) is 0 Å². The van der Waals surface area contributed by atoms with Crippen molar-refractivity contribution in [2.24, 2.45) is 0 Å². The number of amides is 1. The van der Waals surface area contributed by atoms with Crippen LogP contribution in [0.1, 0.15) is 35.1 Å². The number of piperidine rings is 1. The van der Waals surface area contributed by atoms with Gasteiger partial charge in [0.25, 0.3) is 5.91 Å². The molecule has 0 bridgehead atoms. The number of hydroxylamine groups is 4. The molecule has 2 aliphatic heterocycles. The molecule has 1 spiro atoms. The summed E-state index contributed by atoms with van der Waals surface area (Å²) in [5.41, 5.74) is 3.42. The minimum Gasteiger partial charge on any atom is -0.509 e. The Balaban J connectivity index is 2.04. The molecule has 7 nitrogen and oxygen atoms in total. The van der Waals surface area contributed by atoms with Gasteiger partial charge < -0.3 is 14.7 Å². The van der Waals surface area contributed by atoms with E-state index < -0.39 is 5.54 Å². The number of rotatable bonds is 6. The monoisotopic (exact) mass is 390 g/mol. The Labute approximate surface area is 166 Å². The molecule has 0 radical (unpaired) electrons. The number of carbonyl (C=O) groups is 1. The fraction of sp³-hybridized carbons (Fsp3) is 0.571. The van der Waals surface area contributed by atoms with Crippen molar-refractivity contribution in [1.29, 1.82) is 0 Å². The Morgan fingerprint density at radius 3 is 2.29 bits per heavy atom. The maximum atomic E-state index is 13.4. The molecule has 0 aliphatic carbocycles. The summed E-state index contributed by atoms with van der Waals surface area (Å²) in [4.78, 5) is 24.5. The van der Waals surface area contributed by atoms with E-state index in [1.165, 1.54) is 5.06 Å². The number of carbonyl (C=O) groups excluding carboxylic acids is 1. The van der Waals surface area contributed by atoms with Crippen LogP contribution in [-0.4, -0.2) is 67.2 Å². The van der Waals surface area contributed by atoms with Gasteiger partial charge in [0.05, 0.1) is 25.9 Å². The first-order valence-electron chi connectivity index (χ1n) is 9.63. The zero-order valence-corrected chi connectivity index (χ0v) is 17.4. The number of hydrogen-bond acceptors (Lipinski definition) is 6. The molecular weight excluding hydrogens is 360 g/mol. The molecule has 28 heavy (non-hydrogen) atoms. The molecule has 1 fully saturated rings. The van der Waals surface area contributed by atoms with E-state index in [-0.39, 0.29) is 18.3 Å². The van der Waals surface area contributed by atoms with Crippen LogP contribution in [0.4, 0.5) is 0 Å². The van der Waals surface area contributed by atoms with Gasteiger partial charge in [0.2, 0.25) is 0 Å². The summed E-state index contributed by atoms with van der Waals surface area (Å²) < 4.78 is 5.07. The molecule has 1 N–H and O–H groups in total. The average molecular weight is 390 g/mol. The van der Waals surface area contributed by atoms with Crippen LogP contribution in [0.5, 0.6) is 0 Å². The van der Waals surface area contributed by atoms with Gasteiger partial charge in [-0.25, -0.2) is 5.06 Å². The third-order valence-corrected chi connectivity index (χ3v) is 5.89. The summed E-state index contributed by atoms with van der Waals surface area (Å²) in [6, 6.07) is 4.03. The zero-order valence-electron chi connectivity index (χ0n) is 17.4. The van der Waals surface area contributed by atoms with Gasteiger partial charge in [0.1, 0.15) is 11.3 Å². The van der Waals surface area contributed by atoms with Gasteiger partial charge in [-0.15, -0.1) is 0 Å². The maximum absolute atomic E-state index is 13.4. The van der Waals surface area contributed by atoms with Crippen molar-refractivity contribution in [3.8, 4) is 0 Å². The van der Waals surface area contributed by atoms with Crippen molar-refractivity contribution in [2.45, 2.75) is 39.2 Å². The Morgan fingerprint density at radius 2 is 1.68 bits per heavy atom. The number of aliphatic hydroxyl groups is 1. The summed E-state index contributed by atoms with van der Waals surface area (Å²) in [5, 5.41) is 14.5. The van der Waals surface area contributed by atoms with Gasteiger partial charge in [-0.3, -0.25) is 9.63 Å². The molecule has 1 aromatic rings. The summed E-state index contributed by atoms with van der Waals surface area (Å²) in [7, 11) is 3.21. The minimum absolute atomic E-state index is 0.0945. The predicted octanol–water partition coefficient (Wildman–Crippen LogP) is 2.70. The number of benzene rings is 1. The lowest BCUT2D eigenvalue weighted by Gasteiger charge is -2.42. The number of aliphatic hydroxyl groups excluding tert-OH is 1. The molecule has 1 aromatic carbocycles. The van der Waals surface area contributed by atoms with Crippen molar-refractivity contribution < 1.29 is 24.3 Å². The first-order chi connectivity index (χ1) is 13.4. The van der Waals surface area contributed by atoms with E-state index in [2.05, 4.69) is 0 Å². The number of ether oxygens (including phenoxy) is 1. The summed E-state index contributed by atoms with van der Waals surface area (Å²) in [5.74, 6) is -0.206. The highest BCUT2D eigenvalue weighted by molar-refractivity contribution is 6.23. The highest BCUT2D eigenvalue weighted by Gasteiger charge is 2.55. The van der Waals surface area contributed by atoms with Crippen molar-refractivity contribution >= 4 is 11.5 Å². The summed E-state index contributed by atoms with van der Waals surface area (Å²) in [6.45, 7) is 7.81. The van der Waals surface area contributed by atoms with E-state index in [1.807, 2.05) is 38.0 Å². The summed E-state index contributed by atoms with van der Waals surface area (Å²) >= 11 is 0. The standard InChI is InChI=1S/C21H30N2O5/c1-14-12-16(3)17(13-15(14)2)18-19(24)21(6-8-22(27-5)9-7-21)23(20(18)25)28-11-10-26-4/h12-13,24H,6-11H2,1-5H3. The topological polar surface area (TPSA) is 71.5 Å². The molecule has 3 rings (SSSR count). The van der Waals surface area contributed by atoms with Gasteiger partial charge in [-0.2, -0.15) is 5.06 Å². The molecule has 2 heterocycles. The van der Waals surface area contributed by atoms with Crippen LogP contribution in [0.2, 0.25) is 0 Å². The fourth-order valence-electron chi connectivity index (χ4n) is 4.07. The smallest absolute Gasteiger partial charge is 0.282 e. The van der Waals surface area contributed by atoms with E-state index in [1.54, 1.807) is 14.2 Å². The Kier molecular flexibility index (Phi) is 6.09.